The van der Waals surface area contributed by atoms with Gasteiger partial charge in [-0.25, -0.2) is 4.79 Å². The second-order valence-corrected chi connectivity index (χ2v) is 6.07. The minimum absolute atomic E-state index is 0.00903. The maximum atomic E-state index is 12.5. The molecule has 2 rings (SSSR count). The van der Waals surface area contributed by atoms with E-state index in [9.17, 15) is 9.59 Å². The lowest BCUT2D eigenvalue weighted by Crippen LogP contribution is -2.46. The van der Waals surface area contributed by atoms with Crippen LogP contribution in [0.5, 0.6) is 0 Å². The van der Waals surface area contributed by atoms with Crippen molar-refractivity contribution in [1.29, 1.82) is 0 Å². The molecule has 2 atom stereocenters. The van der Waals surface area contributed by atoms with Gasteiger partial charge in [0.25, 0.3) is 0 Å². The van der Waals surface area contributed by atoms with E-state index in [2.05, 4.69) is 5.32 Å². The van der Waals surface area contributed by atoms with Crippen molar-refractivity contribution in [1.82, 2.24) is 10.2 Å². The first kappa shape index (κ1) is 17.3. The van der Waals surface area contributed by atoms with E-state index >= 15 is 0 Å². The Morgan fingerprint density at radius 3 is 2.83 bits per heavy atom. The van der Waals surface area contributed by atoms with Crippen LogP contribution in [0.4, 0.5) is 4.79 Å². The lowest BCUT2D eigenvalue weighted by molar-refractivity contribution is -0.127. The van der Waals surface area contributed by atoms with Gasteiger partial charge in [0, 0.05) is 13.1 Å². The first-order chi connectivity index (χ1) is 11.0. The van der Waals surface area contributed by atoms with Crippen LogP contribution >= 0.6 is 0 Å². The number of amides is 2. The molecule has 1 heterocycles. The maximum absolute atomic E-state index is 12.5. The summed E-state index contributed by atoms with van der Waals surface area (Å²) >= 11 is 0. The summed E-state index contributed by atoms with van der Waals surface area (Å²) in [5.41, 5.74) is 2.29. The average Bonchev–Trinajstić information content (AvgIpc) is 2.55. The number of ether oxygens (including phenoxy) is 1. The Kier molecular flexibility index (Phi) is 6.02. The number of nitrogens with zero attached hydrogens (tertiary/aromatic N) is 1. The SMILES string of the molecule is CCOC(=O)N1CCCC(C(=O)NC(C)c2ccccc2C)C1. The van der Waals surface area contributed by atoms with Crippen LogP contribution < -0.4 is 5.32 Å². The van der Waals surface area contributed by atoms with Gasteiger partial charge in [-0.1, -0.05) is 24.3 Å². The van der Waals surface area contributed by atoms with Gasteiger partial charge in [0.15, 0.2) is 0 Å². The van der Waals surface area contributed by atoms with Crippen molar-refractivity contribution in [2.45, 2.75) is 39.7 Å². The molecule has 2 unspecified atom stereocenters. The molecule has 0 aliphatic carbocycles. The van der Waals surface area contributed by atoms with E-state index in [-0.39, 0.29) is 24.0 Å². The van der Waals surface area contributed by atoms with E-state index in [1.807, 2.05) is 38.1 Å². The number of aryl methyl sites for hydroxylation is 1. The largest absolute Gasteiger partial charge is 0.450 e. The molecule has 126 valence electrons. The van der Waals surface area contributed by atoms with Crippen molar-refractivity contribution in [3.05, 3.63) is 35.4 Å². The Labute approximate surface area is 138 Å². The number of carbonyl (C=O) groups is 2. The summed E-state index contributed by atoms with van der Waals surface area (Å²) in [6.45, 7) is 7.28. The Bertz CT molecular complexity index is 559. The highest BCUT2D eigenvalue weighted by molar-refractivity contribution is 5.80. The summed E-state index contributed by atoms with van der Waals surface area (Å²) in [4.78, 5) is 26.0. The molecule has 1 aromatic carbocycles. The van der Waals surface area contributed by atoms with Crippen LogP contribution in [0.3, 0.4) is 0 Å². The lowest BCUT2D eigenvalue weighted by atomic mass is 9.96. The fourth-order valence-corrected chi connectivity index (χ4v) is 3.05. The smallest absolute Gasteiger partial charge is 0.409 e. The molecule has 0 spiro atoms. The van der Waals surface area contributed by atoms with Gasteiger partial charge in [-0.3, -0.25) is 4.79 Å². The van der Waals surface area contributed by atoms with Crippen molar-refractivity contribution >= 4 is 12.0 Å². The predicted molar refractivity (Wildman–Crippen MR) is 89.1 cm³/mol. The van der Waals surface area contributed by atoms with Gasteiger partial charge in [0.2, 0.25) is 5.91 Å². The summed E-state index contributed by atoms with van der Waals surface area (Å²) in [6, 6.07) is 8.01. The van der Waals surface area contributed by atoms with E-state index in [1.165, 1.54) is 0 Å². The number of hydrogen-bond donors (Lipinski definition) is 1. The zero-order valence-corrected chi connectivity index (χ0v) is 14.2. The highest BCUT2D eigenvalue weighted by atomic mass is 16.6. The minimum Gasteiger partial charge on any atom is -0.450 e. The third kappa shape index (κ3) is 4.47. The van der Waals surface area contributed by atoms with E-state index in [1.54, 1.807) is 11.8 Å². The van der Waals surface area contributed by atoms with Crippen molar-refractivity contribution in [2.75, 3.05) is 19.7 Å². The molecule has 2 amide bonds. The molecule has 0 radical (unpaired) electrons. The first-order valence-corrected chi connectivity index (χ1v) is 8.30. The molecule has 5 heteroatoms. The molecule has 5 nitrogen and oxygen atoms in total. The molecular formula is C18H26N2O3. The molecule has 0 aromatic heterocycles. The normalized spacial score (nSPS) is 19.1. The van der Waals surface area contributed by atoms with Gasteiger partial charge in [0.1, 0.15) is 0 Å². The summed E-state index contributed by atoms with van der Waals surface area (Å²) in [5.74, 6) is -0.158. The fourth-order valence-electron chi connectivity index (χ4n) is 3.05. The third-order valence-corrected chi connectivity index (χ3v) is 4.33. The molecular weight excluding hydrogens is 292 g/mol. The van der Waals surface area contributed by atoms with Crippen LogP contribution in [0.25, 0.3) is 0 Å². The Hall–Kier alpha value is -2.04. The van der Waals surface area contributed by atoms with Crippen molar-refractivity contribution in [3.8, 4) is 0 Å². The van der Waals surface area contributed by atoms with Crippen LogP contribution in [0.15, 0.2) is 24.3 Å². The third-order valence-electron chi connectivity index (χ3n) is 4.33. The zero-order valence-electron chi connectivity index (χ0n) is 14.2. The fraction of sp³-hybridized carbons (Fsp3) is 0.556. The Balaban J connectivity index is 1.95. The first-order valence-electron chi connectivity index (χ1n) is 8.30. The van der Waals surface area contributed by atoms with E-state index in [0.29, 0.717) is 19.7 Å². The van der Waals surface area contributed by atoms with Crippen molar-refractivity contribution in [3.63, 3.8) is 0 Å². The van der Waals surface area contributed by atoms with Crippen LogP contribution in [0.2, 0.25) is 0 Å². The van der Waals surface area contributed by atoms with Crippen LogP contribution in [0, 0.1) is 12.8 Å². The van der Waals surface area contributed by atoms with Gasteiger partial charge in [-0.2, -0.15) is 0 Å². The standard InChI is InChI=1S/C18H26N2O3/c1-4-23-18(22)20-11-7-9-15(12-20)17(21)19-14(3)16-10-6-5-8-13(16)2/h5-6,8,10,14-15H,4,7,9,11-12H2,1-3H3,(H,19,21). The summed E-state index contributed by atoms with van der Waals surface area (Å²) in [6.07, 6.45) is 1.31. The predicted octanol–water partition coefficient (Wildman–Crippen LogP) is 3.04. The Morgan fingerprint density at radius 1 is 1.39 bits per heavy atom. The van der Waals surface area contributed by atoms with Gasteiger partial charge >= 0.3 is 6.09 Å². The zero-order chi connectivity index (χ0) is 16.8. The lowest BCUT2D eigenvalue weighted by Gasteiger charge is -2.32. The highest BCUT2D eigenvalue weighted by Gasteiger charge is 2.29. The number of benzene rings is 1. The Morgan fingerprint density at radius 2 is 2.13 bits per heavy atom. The van der Waals surface area contributed by atoms with E-state index in [0.717, 1.165) is 24.0 Å². The highest BCUT2D eigenvalue weighted by Crippen LogP contribution is 2.21. The molecule has 0 bridgehead atoms. The van der Waals surface area contributed by atoms with E-state index < -0.39 is 0 Å². The van der Waals surface area contributed by atoms with Gasteiger partial charge in [0.05, 0.1) is 18.6 Å². The molecule has 1 aliphatic heterocycles. The number of piperidine rings is 1. The monoisotopic (exact) mass is 318 g/mol. The van der Waals surface area contributed by atoms with Gasteiger partial charge in [-0.05, 0) is 44.7 Å². The van der Waals surface area contributed by atoms with Crippen LogP contribution in [0.1, 0.15) is 43.9 Å². The summed E-state index contributed by atoms with van der Waals surface area (Å²) in [7, 11) is 0. The maximum Gasteiger partial charge on any atom is 0.409 e. The topological polar surface area (TPSA) is 58.6 Å². The summed E-state index contributed by atoms with van der Waals surface area (Å²) in [5, 5.41) is 3.08. The quantitative estimate of drug-likeness (QED) is 0.928. The van der Waals surface area contributed by atoms with Gasteiger partial charge < -0.3 is 15.0 Å². The second-order valence-electron chi connectivity index (χ2n) is 6.07. The molecule has 1 N–H and O–H groups in total. The summed E-state index contributed by atoms with van der Waals surface area (Å²) < 4.78 is 5.03. The number of hydrogen-bond acceptors (Lipinski definition) is 3. The number of rotatable bonds is 4. The molecule has 1 fully saturated rings. The van der Waals surface area contributed by atoms with Crippen LogP contribution in [-0.4, -0.2) is 36.6 Å². The number of carbonyl (C=O) groups excluding carboxylic acids is 2. The van der Waals surface area contributed by atoms with Crippen LogP contribution in [-0.2, 0) is 9.53 Å². The number of likely N-dealkylation sites (tertiary alicyclic amines) is 1. The molecule has 1 aromatic rings. The minimum atomic E-state index is -0.322. The average molecular weight is 318 g/mol. The number of nitrogens with one attached hydrogen (secondary N) is 1. The molecule has 1 saturated heterocycles. The van der Waals surface area contributed by atoms with Crippen molar-refractivity contribution < 1.29 is 14.3 Å². The van der Waals surface area contributed by atoms with Gasteiger partial charge in [-0.15, -0.1) is 0 Å². The molecule has 23 heavy (non-hydrogen) atoms. The second kappa shape index (κ2) is 7.99. The van der Waals surface area contributed by atoms with E-state index in [4.69, 9.17) is 4.74 Å². The molecule has 0 saturated carbocycles. The molecule has 1 aliphatic rings. The van der Waals surface area contributed by atoms with Crippen molar-refractivity contribution in [2.24, 2.45) is 5.92 Å².